The van der Waals surface area contributed by atoms with Gasteiger partial charge in [-0.3, -0.25) is 4.79 Å². The van der Waals surface area contributed by atoms with E-state index in [1.807, 2.05) is 11.9 Å². The van der Waals surface area contributed by atoms with Crippen molar-refractivity contribution in [3.05, 3.63) is 22.7 Å². The molecule has 0 aliphatic heterocycles. The van der Waals surface area contributed by atoms with Crippen LogP contribution in [0.5, 0.6) is 0 Å². The van der Waals surface area contributed by atoms with E-state index in [0.29, 0.717) is 16.4 Å². The summed E-state index contributed by atoms with van der Waals surface area (Å²) in [5.74, 6) is -0.577. The Labute approximate surface area is 123 Å². The van der Waals surface area contributed by atoms with Crippen LogP contribution >= 0.6 is 11.6 Å². The summed E-state index contributed by atoms with van der Waals surface area (Å²) in [4.78, 5) is 13.5. The number of benzene rings is 1. The van der Waals surface area contributed by atoms with Gasteiger partial charge in [-0.1, -0.05) is 24.4 Å². The third-order valence-electron chi connectivity index (χ3n) is 3.90. The van der Waals surface area contributed by atoms with Gasteiger partial charge in [-0.05, 0) is 25.0 Å². The molecule has 1 fully saturated rings. The fourth-order valence-electron chi connectivity index (χ4n) is 2.88. The summed E-state index contributed by atoms with van der Waals surface area (Å²) in [6.45, 7) is 0. The van der Waals surface area contributed by atoms with Crippen molar-refractivity contribution in [1.82, 2.24) is 0 Å². The number of nitrogen functional groups attached to an aromatic ring is 1. The number of rotatable bonds is 3. The van der Waals surface area contributed by atoms with Crippen LogP contribution in [-0.4, -0.2) is 30.2 Å². The fraction of sp³-hybridized carbons (Fsp3) is 0.500. The average Bonchev–Trinajstić information content (AvgIpc) is 2.37. The summed E-state index contributed by atoms with van der Waals surface area (Å²) in [6.07, 6.45) is 3.25. The Bertz CT molecular complexity index is 521. The number of hydrogen-bond donors (Lipinski definition) is 3. The van der Waals surface area contributed by atoms with Crippen molar-refractivity contribution in [3.8, 4) is 0 Å². The van der Waals surface area contributed by atoms with Crippen LogP contribution in [0.1, 0.15) is 36.0 Å². The minimum Gasteiger partial charge on any atom is -0.399 e. The first-order valence-electron chi connectivity index (χ1n) is 6.71. The summed E-state index contributed by atoms with van der Waals surface area (Å²) in [6, 6.07) is 3.05. The maximum atomic E-state index is 11.6. The van der Waals surface area contributed by atoms with E-state index in [-0.39, 0.29) is 11.6 Å². The molecule has 2 unspecified atom stereocenters. The Balaban J connectivity index is 2.42. The second-order valence-electron chi connectivity index (χ2n) is 5.29. The van der Waals surface area contributed by atoms with Gasteiger partial charge >= 0.3 is 0 Å². The van der Waals surface area contributed by atoms with E-state index in [4.69, 9.17) is 23.1 Å². The maximum absolute atomic E-state index is 11.6. The third-order valence-corrected chi connectivity index (χ3v) is 4.18. The van der Waals surface area contributed by atoms with E-state index in [1.54, 1.807) is 6.07 Å². The summed E-state index contributed by atoms with van der Waals surface area (Å²) in [5, 5.41) is 10.5. The average molecular weight is 298 g/mol. The molecule has 1 aliphatic rings. The van der Waals surface area contributed by atoms with Gasteiger partial charge in [0.1, 0.15) is 0 Å². The van der Waals surface area contributed by atoms with Crippen LogP contribution in [0, 0.1) is 0 Å². The number of nitrogens with zero attached hydrogens (tertiary/aromatic N) is 1. The number of primary amides is 1. The highest BCUT2D eigenvalue weighted by Gasteiger charge is 2.29. The van der Waals surface area contributed by atoms with Gasteiger partial charge in [-0.15, -0.1) is 0 Å². The van der Waals surface area contributed by atoms with Crippen LogP contribution in [0.2, 0.25) is 5.02 Å². The highest BCUT2D eigenvalue weighted by atomic mass is 35.5. The van der Waals surface area contributed by atoms with Gasteiger partial charge in [0.05, 0.1) is 28.4 Å². The molecule has 1 saturated carbocycles. The number of nitrogens with two attached hydrogens (primary N) is 2. The molecule has 2 atom stereocenters. The zero-order valence-electron chi connectivity index (χ0n) is 11.5. The van der Waals surface area contributed by atoms with Crippen molar-refractivity contribution in [2.24, 2.45) is 5.73 Å². The van der Waals surface area contributed by atoms with Gasteiger partial charge in [0, 0.05) is 12.7 Å². The van der Waals surface area contributed by atoms with E-state index in [2.05, 4.69) is 0 Å². The lowest BCUT2D eigenvalue weighted by molar-refractivity contribution is 0.0992. The number of halogens is 1. The second-order valence-corrected chi connectivity index (χ2v) is 5.70. The third kappa shape index (κ3) is 2.83. The number of hydrogen-bond acceptors (Lipinski definition) is 4. The molecule has 1 aromatic rings. The minimum absolute atomic E-state index is 0.0667. The van der Waals surface area contributed by atoms with Crippen LogP contribution in [0.3, 0.4) is 0 Å². The Hall–Kier alpha value is -1.46. The van der Waals surface area contributed by atoms with E-state index in [1.165, 1.54) is 6.07 Å². The molecule has 20 heavy (non-hydrogen) atoms. The van der Waals surface area contributed by atoms with Gasteiger partial charge in [-0.25, -0.2) is 0 Å². The predicted molar refractivity (Wildman–Crippen MR) is 81.0 cm³/mol. The summed E-state index contributed by atoms with van der Waals surface area (Å²) in [5.41, 5.74) is 12.3. The highest BCUT2D eigenvalue weighted by molar-refractivity contribution is 6.34. The molecule has 0 radical (unpaired) electrons. The van der Waals surface area contributed by atoms with Crippen LogP contribution in [0.15, 0.2) is 12.1 Å². The number of anilines is 2. The molecular formula is C14H20ClN3O2. The van der Waals surface area contributed by atoms with E-state index in [9.17, 15) is 9.90 Å². The van der Waals surface area contributed by atoms with Crippen LogP contribution in [0.4, 0.5) is 11.4 Å². The molecule has 1 aliphatic carbocycles. The quantitative estimate of drug-likeness (QED) is 0.741. The smallest absolute Gasteiger partial charge is 0.250 e. The molecule has 0 heterocycles. The Morgan fingerprint density at radius 1 is 1.40 bits per heavy atom. The van der Waals surface area contributed by atoms with Gasteiger partial charge in [0.2, 0.25) is 0 Å². The first kappa shape index (κ1) is 14.9. The van der Waals surface area contributed by atoms with E-state index >= 15 is 0 Å². The lowest BCUT2D eigenvalue weighted by Crippen LogP contribution is -2.44. The molecular weight excluding hydrogens is 278 g/mol. The lowest BCUT2D eigenvalue weighted by atomic mass is 9.91. The molecule has 1 aromatic carbocycles. The zero-order valence-corrected chi connectivity index (χ0v) is 12.2. The maximum Gasteiger partial charge on any atom is 0.250 e. The molecule has 1 amide bonds. The fourth-order valence-corrected chi connectivity index (χ4v) is 3.24. The minimum atomic E-state index is -0.577. The second kappa shape index (κ2) is 5.89. The number of carbonyl (C=O) groups excluding carboxylic acids is 1. The molecule has 0 bridgehead atoms. The zero-order chi connectivity index (χ0) is 14.9. The standard InChI is InChI=1S/C14H20ClN3O2/c1-18(11-4-2-3-5-12(11)19)13-9(14(17)20)6-8(16)7-10(13)15/h6-7,11-12,19H,2-5,16H2,1H3,(H2,17,20). The van der Waals surface area contributed by atoms with Crippen LogP contribution < -0.4 is 16.4 Å². The van der Waals surface area contributed by atoms with Crippen molar-refractivity contribution in [1.29, 1.82) is 0 Å². The Morgan fingerprint density at radius 2 is 2.05 bits per heavy atom. The topological polar surface area (TPSA) is 92.6 Å². The monoisotopic (exact) mass is 297 g/mol. The Kier molecular flexibility index (Phi) is 4.40. The van der Waals surface area contributed by atoms with Crippen molar-refractivity contribution in [3.63, 3.8) is 0 Å². The van der Waals surface area contributed by atoms with Crippen molar-refractivity contribution in [2.75, 3.05) is 17.7 Å². The predicted octanol–water partition coefficient (Wildman–Crippen LogP) is 1.76. The SMILES string of the molecule is CN(c1c(Cl)cc(N)cc1C(N)=O)C1CCCCC1O. The van der Waals surface area contributed by atoms with Crippen molar-refractivity contribution in [2.45, 2.75) is 37.8 Å². The number of aliphatic hydroxyl groups excluding tert-OH is 1. The first-order chi connectivity index (χ1) is 9.41. The number of aliphatic hydroxyl groups is 1. The first-order valence-corrected chi connectivity index (χ1v) is 7.09. The number of carbonyl (C=O) groups is 1. The van der Waals surface area contributed by atoms with Gasteiger partial charge in [0.25, 0.3) is 5.91 Å². The Morgan fingerprint density at radius 3 is 2.65 bits per heavy atom. The molecule has 5 N–H and O–H groups in total. The lowest BCUT2D eigenvalue weighted by Gasteiger charge is -2.37. The van der Waals surface area contributed by atoms with Crippen LogP contribution in [0.25, 0.3) is 0 Å². The normalized spacial score (nSPS) is 22.6. The molecule has 2 rings (SSSR count). The largest absolute Gasteiger partial charge is 0.399 e. The van der Waals surface area contributed by atoms with Crippen LogP contribution in [-0.2, 0) is 0 Å². The summed E-state index contributed by atoms with van der Waals surface area (Å²) in [7, 11) is 1.82. The van der Waals surface area contributed by atoms with E-state index < -0.39 is 12.0 Å². The van der Waals surface area contributed by atoms with Gasteiger partial charge in [0.15, 0.2) is 0 Å². The summed E-state index contributed by atoms with van der Waals surface area (Å²) < 4.78 is 0. The molecule has 0 aromatic heterocycles. The number of likely N-dealkylation sites (N-methyl/N-ethyl adjacent to an activating group) is 1. The molecule has 6 heteroatoms. The summed E-state index contributed by atoms with van der Waals surface area (Å²) >= 11 is 6.23. The van der Waals surface area contributed by atoms with E-state index in [0.717, 1.165) is 25.7 Å². The highest BCUT2D eigenvalue weighted by Crippen LogP contribution is 2.35. The number of amides is 1. The molecule has 0 saturated heterocycles. The molecule has 0 spiro atoms. The van der Waals surface area contributed by atoms with Crippen molar-refractivity contribution >= 4 is 28.9 Å². The molecule has 5 nitrogen and oxygen atoms in total. The molecule has 110 valence electrons. The van der Waals surface area contributed by atoms with Gasteiger partial charge < -0.3 is 21.5 Å². The van der Waals surface area contributed by atoms with Crippen molar-refractivity contribution < 1.29 is 9.90 Å². The van der Waals surface area contributed by atoms with Gasteiger partial charge in [-0.2, -0.15) is 0 Å².